The van der Waals surface area contributed by atoms with Gasteiger partial charge in [-0.25, -0.2) is 4.79 Å². The first-order valence-electron chi connectivity index (χ1n) is 5.53. The maximum atomic E-state index is 11.1. The number of allylic oxidation sites excluding steroid dienone is 2. The molecule has 0 aliphatic carbocycles. The van der Waals surface area contributed by atoms with Crippen LogP contribution in [-0.2, 0) is 9.59 Å². The van der Waals surface area contributed by atoms with Crippen molar-refractivity contribution in [2.45, 2.75) is 39.0 Å². The predicted molar refractivity (Wildman–Crippen MR) is 60.7 cm³/mol. The largest absolute Gasteiger partial charge is 0.478 e. The Morgan fingerprint density at radius 3 is 2.75 bits per heavy atom. The standard InChI is InChI=1S/C12H17NO3/c1-2-11(14)5-3-4-10-7-6-9(8-13-10)12(15)16/h7-8,13H,2-6H2,1H3,(H,15,16). The van der Waals surface area contributed by atoms with Gasteiger partial charge in [-0.15, -0.1) is 0 Å². The van der Waals surface area contributed by atoms with E-state index in [1.165, 1.54) is 6.20 Å². The monoisotopic (exact) mass is 223 g/mol. The lowest BCUT2D eigenvalue weighted by Crippen LogP contribution is -2.14. The normalized spacial score (nSPS) is 14.8. The molecule has 0 fully saturated rings. The van der Waals surface area contributed by atoms with Gasteiger partial charge in [0.15, 0.2) is 0 Å². The van der Waals surface area contributed by atoms with Gasteiger partial charge in [-0.3, -0.25) is 4.79 Å². The first kappa shape index (κ1) is 12.5. The van der Waals surface area contributed by atoms with Crippen LogP contribution in [0.3, 0.4) is 0 Å². The average Bonchev–Trinajstić information content (AvgIpc) is 2.29. The number of carbonyl (C=O) groups is 2. The van der Waals surface area contributed by atoms with Crippen molar-refractivity contribution in [1.29, 1.82) is 0 Å². The van der Waals surface area contributed by atoms with Crippen LogP contribution in [0.1, 0.15) is 39.0 Å². The molecule has 0 bridgehead atoms. The summed E-state index contributed by atoms with van der Waals surface area (Å²) in [5, 5.41) is 11.7. The molecule has 0 spiro atoms. The third-order valence-electron chi connectivity index (χ3n) is 2.57. The van der Waals surface area contributed by atoms with Gasteiger partial charge < -0.3 is 10.4 Å². The molecule has 1 aliphatic heterocycles. The molecule has 1 rings (SSSR count). The van der Waals surface area contributed by atoms with Crippen LogP contribution < -0.4 is 5.32 Å². The number of hydrogen-bond acceptors (Lipinski definition) is 3. The minimum absolute atomic E-state index is 0.276. The molecule has 0 aromatic heterocycles. The van der Waals surface area contributed by atoms with Gasteiger partial charge in [-0.2, -0.15) is 0 Å². The van der Waals surface area contributed by atoms with E-state index in [9.17, 15) is 9.59 Å². The predicted octanol–water partition coefficient (Wildman–Crippen LogP) is 1.98. The minimum Gasteiger partial charge on any atom is -0.478 e. The summed E-state index contributed by atoms with van der Waals surface area (Å²) in [4.78, 5) is 21.7. The maximum absolute atomic E-state index is 11.1. The van der Waals surface area contributed by atoms with Gasteiger partial charge >= 0.3 is 5.97 Å². The number of ketones is 1. The molecule has 1 aliphatic rings. The molecule has 1 heterocycles. The lowest BCUT2D eigenvalue weighted by atomic mass is 10.1. The minimum atomic E-state index is -0.885. The highest BCUT2D eigenvalue weighted by atomic mass is 16.4. The molecule has 16 heavy (non-hydrogen) atoms. The van der Waals surface area contributed by atoms with E-state index in [0.717, 1.165) is 18.5 Å². The Morgan fingerprint density at radius 1 is 1.50 bits per heavy atom. The summed E-state index contributed by atoms with van der Waals surface area (Å²) in [5.74, 6) is -0.609. The van der Waals surface area contributed by atoms with Gasteiger partial charge in [0.05, 0.1) is 5.57 Å². The SMILES string of the molecule is CCC(=O)CCCC1=CCC(C(=O)O)=CN1. The van der Waals surface area contributed by atoms with Crippen molar-refractivity contribution in [2.75, 3.05) is 0 Å². The molecule has 0 aromatic rings. The van der Waals surface area contributed by atoms with Crippen LogP contribution in [0.4, 0.5) is 0 Å². The van der Waals surface area contributed by atoms with Crippen molar-refractivity contribution in [3.8, 4) is 0 Å². The third kappa shape index (κ3) is 3.88. The van der Waals surface area contributed by atoms with E-state index >= 15 is 0 Å². The zero-order valence-electron chi connectivity index (χ0n) is 9.45. The Balaban J connectivity index is 2.27. The zero-order chi connectivity index (χ0) is 12.0. The fourth-order valence-electron chi connectivity index (χ4n) is 1.51. The Hall–Kier alpha value is -1.58. The van der Waals surface area contributed by atoms with Crippen molar-refractivity contribution in [3.05, 3.63) is 23.5 Å². The van der Waals surface area contributed by atoms with E-state index in [1.807, 2.05) is 13.0 Å². The number of nitrogens with one attached hydrogen (secondary N) is 1. The number of aliphatic carboxylic acids is 1. The van der Waals surface area contributed by atoms with E-state index in [2.05, 4.69) is 5.32 Å². The van der Waals surface area contributed by atoms with E-state index in [-0.39, 0.29) is 5.78 Å². The number of carbonyl (C=O) groups excluding carboxylic acids is 1. The second-order valence-electron chi connectivity index (χ2n) is 3.80. The van der Waals surface area contributed by atoms with Crippen LogP contribution in [0.15, 0.2) is 23.5 Å². The average molecular weight is 223 g/mol. The van der Waals surface area contributed by atoms with Gasteiger partial charge in [0.2, 0.25) is 0 Å². The van der Waals surface area contributed by atoms with Crippen molar-refractivity contribution < 1.29 is 14.7 Å². The van der Waals surface area contributed by atoms with Gasteiger partial charge in [-0.1, -0.05) is 13.0 Å². The molecule has 0 atom stereocenters. The molecular formula is C12H17NO3. The summed E-state index contributed by atoms with van der Waals surface area (Å²) < 4.78 is 0. The summed E-state index contributed by atoms with van der Waals surface area (Å²) in [6, 6.07) is 0. The maximum Gasteiger partial charge on any atom is 0.333 e. The highest BCUT2D eigenvalue weighted by molar-refractivity contribution is 5.87. The quantitative estimate of drug-likeness (QED) is 0.722. The smallest absolute Gasteiger partial charge is 0.333 e. The van der Waals surface area contributed by atoms with Gasteiger partial charge in [0, 0.05) is 31.2 Å². The van der Waals surface area contributed by atoms with Crippen LogP contribution in [0.2, 0.25) is 0 Å². The Morgan fingerprint density at radius 2 is 2.25 bits per heavy atom. The molecule has 4 heteroatoms. The van der Waals surface area contributed by atoms with E-state index in [4.69, 9.17) is 5.11 Å². The molecule has 0 unspecified atom stereocenters. The van der Waals surface area contributed by atoms with Crippen molar-refractivity contribution in [1.82, 2.24) is 5.32 Å². The second kappa shape index (κ2) is 6.10. The number of carboxylic acids is 1. The summed E-state index contributed by atoms with van der Waals surface area (Å²) in [6.45, 7) is 1.86. The third-order valence-corrected chi connectivity index (χ3v) is 2.57. The number of carboxylic acid groups (broad SMARTS) is 1. The fourth-order valence-corrected chi connectivity index (χ4v) is 1.51. The van der Waals surface area contributed by atoms with Gasteiger partial charge in [0.1, 0.15) is 5.78 Å². The molecule has 0 aromatic carbocycles. The lowest BCUT2D eigenvalue weighted by molar-refractivity contribution is -0.132. The van der Waals surface area contributed by atoms with Crippen LogP contribution in [-0.4, -0.2) is 16.9 Å². The first-order valence-corrected chi connectivity index (χ1v) is 5.53. The van der Waals surface area contributed by atoms with Crippen LogP contribution >= 0.6 is 0 Å². The molecule has 0 saturated carbocycles. The van der Waals surface area contributed by atoms with E-state index in [0.29, 0.717) is 24.8 Å². The Bertz CT molecular complexity index is 342. The molecule has 2 N–H and O–H groups in total. The number of hydrogen-bond donors (Lipinski definition) is 2. The lowest BCUT2D eigenvalue weighted by Gasteiger charge is -2.13. The fraction of sp³-hybridized carbons (Fsp3) is 0.500. The summed E-state index contributed by atoms with van der Waals surface area (Å²) in [7, 11) is 0. The highest BCUT2D eigenvalue weighted by Gasteiger charge is 2.10. The van der Waals surface area contributed by atoms with Crippen LogP contribution in [0.5, 0.6) is 0 Å². The van der Waals surface area contributed by atoms with E-state index in [1.54, 1.807) is 0 Å². The Kier molecular flexibility index (Phi) is 4.76. The molecule has 0 saturated heterocycles. The van der Waals surface area contributed by atoms with Crippen molar-refractivity contribution in [3.63, 3.8) is 0 Å². The zero-order valence-corrected chi connectivity index (χ0v) is 9.45. The Labute approximate surface area is 95.0 Å². The summed E-state index contributed by atoms with van der Waals surface area (Å²) in [5.41, 5.74) is 1.38. The number of Topliss-reactive ketones (excluding diaryl/α,β-unsaturated/α-hetero) is 1. The first-order chi connectivity index (χ1) is 7.63. The topological polar surface area (TPSA) is 66.4 Å². The van der Waals surface area contributed by atoms with Crippen molar-refractivity contribution >= 4 is 11.8 Å². The van der Waals surface area contributed by atoms with Crippen LogP contribution in [0.25, 0.3) is 0 Å². The molecular weight excluding hydrogens is 206 g/mol. The highest BCUT2D eigenvalue weighted by Crippen LogP contribution is 2.14. The summed E-state index contributed by atoms with van der Waals surface area (Å²) in [6.07, 6.45) is 6.68. The van der Waals surface area contributed by atoms with Gasteiger partial charge in [-0.05, 0) is 12.8 Å². The molecule has 0 amide bonds. The number of dihydropyridines is 1. The second-order valence-corrected chi connectivity index (χ2v) is 3.80. The molecule has 0 radical (unpaired) electrons. The summed E-state index contributed by atoms with van der Waals surface area (Å²) >= 11 is 0. The molecule has 88 valence electrons. The van der Waals surface area contributed by atoms with E-state index < -0.39 is 5.97 Å². The molecule has 4 nitrogen and oxygen atoms in total. The number of rotatable bonds is 6. The van der Waals surface area contributed by atoms with Crippen molar-refractivity contribution in [2.24, 2.45) is 0 Å². The van der Waals surface area contributed by atoms with Crippen LogP contribution in [0, 0.1) is 0 Å². The van der Waals surface area contributed by atoms with Gasteiger partial charge in [0.25, 0.3) is 0 Å².